The van der Waals surface area contributed by atoms with Crippen LogP contribution in [0, 0.1) is 0 Å². The second-order valence-electron chi connectivity index (χ2n) is 7.47. The largest absolute Gasteiger partial charge is 0.376 e. The quantitative estimate of drug-likeness (QED) is 0.437. The van der Waals surface area contributed by atoms with Crippen molar-refractivity contribution in [1.29, 1.82) is 0 Å². The second-order valence-corrected chi connectivity index (χ2v) is 9.07. The summed E-state index contributed by atoms with van der Waals surface area (Å²) in [5.74, 6) is -0.914. The number of hydrogen-bond acceptors (Lipinski definition) is 8. The van der Waals surface area contributed by atoms with Crippen molar-refractivity contribution in [3.05, 3.63) is 71.8 Å². The Morgan fingerprint density at radius 1 is 1.03 bits per heavy atom. The monoisotopic (exact) mass is 478 g/mol. The molecule has 178 valence electrons. The van der Waals surface area contributed by atoms with Gasteiger partial charge in [0.1, 0.15) is 24.4 Å². The summed E-state index contributed by atoms with van der Waals surface area (Å²) < 4.78 is 39.9. The van der Waals surface area contributed by atoms with Gasteiger partial charge >= 0.3 is 0 Å². The van der Waals surface area contributed by atoms with E-state index in [-0.39, 0.29) is 6.54 Å². The Hall–Kier alpha value is -2.83. The van der Waals surface area contributed by atoms with E-state index in [1.165, 1.54) is 7.11 Å². The molecule has 0 radical (unpaired) electrons. The van der Waals surface area contributed by atoms with Crippen LogP contribution in [-0.2, 0) is 23.8 Å². The number of benzene rings is 2. The summed E-state index contributed by atoms with van der Waals surface area (Å²) in [6.45, 7) is -0.253. The van der Waals surface area contributed by atoms with Crippen molar-refractivity contribution in [2.24, 2.45) is 0 Å². The highest BCUT2D eigenvalue weighted by atomic mass is 32.2. The number of hydrogen-bond donors (Lipinski definition) is 3. The number of carbonyl (C=O) groups is 2. The first-order valence-corrected chi connectivity index (χ1v) is 11.9. The van der Waals surface area contributed by atoms with Crippen LogP contribution < -0.4 is 10.6 Å². The van der Waals surface area contributed by atoms with E-state index < -0.39 is 52.6 Å². The summed E-state index contributed by atoms with van der Waals surface area (Å²) in [5, 5.41) is 15.7. The van der Waals surface area contributed by atoms with Gasteiger partial charge in [-0.2, -0.15) is 8.42 Å². The van der Waals surface area contributed by atoms with Gasteiger partial charge in [0.15, 0.2) is 6.29 Å². The molecule has 2 amide bonds. The van der Waals surface area contributed by atoms with Gasteiger partial charge in [0, 0.05) is 24.8 Å². The topological polar surface area (TPSA) is 140 Å². The number of methoxy groups -OCH3 is 1. The van der Waals surface area contributed by atoms with E-state index in [2.05, 4.69) is 10.6 Å². The third kappa shape index (κ3) is 6.59. The Morgan fingerprint density at radius 2 is 1.58 bits per heavy atom. The molecule has 11 heteroatoms. The first kappa shape index (κ1) is 24.8. The molecule has 10 nitrogen and oxygen atoms in total. The van der Waals surface area contributed by atoms with E-state index in [0.717, 1.165) is 6.26 Å². The van der Waals surface area contributed by atoms with Crippen molar-refractivity contribution in [1.82, 2.24) is 10.6 Å². The van der Waals surface area contributed by atoms with Crippen LogP contribution in [0.15, 0.2) is 60.7 Å². The van der Waals surface area contributed by atoms with Crippen LogP contribution in [-0.4, -0.2) is 75.9 Å². The van der Waals surface area contributed by atoms with Crippen molar-refractivity contribution in [3.63, 3.8) is 0 Å². The van der Waals surface area contributed by atoms with Crippen molar-refractivity contribution in [3.8, 4) is 0 Å². The fourth-order valence-electron chi connectivity index (χ4n) is 3.56. The highest BCUT2D eigenvalue weighted by Gasteiger charge is 2.49. The van der Waals surface area contributed by atoms with Crippen LogP contribution in [0.4, 0.5) is 0 Å². The van der Waals surface area contributed by atoms with Crippen LogP contribution in [0.5, 0.6) is 0 Å². The summed E-state index contributed by atoms with van der Waals surface area (Å²) in [5.41, 5.74) is 0.737. The predicted octanol–water partition coefficient (Wildman–Crippen LogP) is 0.292. The zero-order valence-corrected chi connectivity index (χ0v) is 18.9. The number of aliphatic hydroxyl groups excluding tert-OH is 1. The molecule has 3 N–H and O–H groups in total. The molecular weight excluding hydrogens is 452 g/mol. The lowest BCUT2D eigenvalue weighted by atomic mass is 10.0. The van der Waals surface area contributed by atoms with Gasteiger partial charge in [-0.05, 0) is 24.3 Å². The zero-order valence-electron chi connectivity index (χ0n) is 18.1. The van der Waals surface area contributed by atoms with E-state index in [1.807, 2.05) is 0 Å². The molecule has 1 aliphatic heterocycles. The SMILES string of the molecule is CO[C@@H]1[C@@H](NC(=O)c2ccccc2)[C@H](O)O[C@@H]1[C@@H](CNC(=O)c1ccccc1)OS(C)(=O)=O. The van der Waals surface area contributed by atoms with E-state index in [0.29, 0.717) is 11.1 Å². The maximum atomic E-state index is 12.6. The van der Waals surface area contributed by atoms with Crippen molar-refractivity contribution in [2.75, 3.05) is 19.9 Å². The molecule has 0 spiro atoms. The molecule has 1 heterocycles. The van der Waals surface area contributed by atoms with Crippen LogP contribution in [0.1, 0.15) is 20.7 Å². The van der Waals surface area contributed by atoms with E-state index in [9.17, 15) is 23.1 Å². The number of ether oxygens (including phenoxy) is 2. The second kappa shape index (κ2) is 10.9. The average molecular weight is 479 g/mol. The van der Waals surface area contributed by atoms with E-state index >= 15 is 0 Å². The highest BCUT2D eigenvalue weighted by Crippen LogP contribution is 2.27. The summed E-state index contributed by atoms with van der Waals surface area (Å²) >= 11 is 0. The molecule has 3 rings (SSSR count). The van der Waals surface area contributed by atoms with Crippen molar-refractivity contribution >= 4 is 21.9 Å². The predicted molar refractivity (Wildman–Crippen MR) is 118 cm³/mol. The Bertz CT molecular complexity index is 1050. The Morgan fingerprint density at radius 3 is 2.09 bits per heavy atom. The molecule has 0 bridgehead atoms. The maximum absolute atomic E-state index is 12.6. The highest BCUT2D eigenvalue weighted by molar-refractivity contribution is 7.86. The maximum Gasteiger partial charge on any atom is 0.264 e. The molecule has 2 aromatic carbocycles. The van der Waals surface area contributed by atoms with Gasteiger partial charge in [0.2, 0.25) is 0 Å². The number of aliphatic hydroxyl groups is 1. The van der Waals surface area contributed by atoms with Gasteiger partial charge in [-0.15, -0.1) is 0 Å². The van der Waals surface area contributed by atoms with Gasteiger partial charge in [-0.1, -0.05) is 36.4 Å². The van der Waals surface area contributed by atoms with E-state index in [4.69, 9.17) is 13.7 Å². The molecule has 0 aliphatic carbocycles. The van der Waals surface area contributed by atoms with E-state index in [1.54, 1.807) is 60.7 Å². The molecule has 1 aliphatic rings. The molecule has 0 aromatic heterocycles. The first-order chi connectivity index (χ1) is 15.7. The van der Waals surface area contributed by atoms with Crippen LogP contribution in [0.2, 0.25) is 0 Å². The summed E-state index contributed by atoms with van der Waals surface area (Å²) in [4.78, 5) is 25.0. The summed E-state index contributed by atoms with van der Waals surface area (Å²) in [6, 6.07) is 15.7. The van der Waals surface area contributed by atoms with Crippen LogP contribution in [0.25, 0.3) is 0 Å². The average Bonchev–Trinajstić information content (AvgIpc) is 3.11. The van der Waals surface area contributed by atoms with Gasteiger partial charge in [-0.3, -0.25) is 13.8 Å². The molecule has 1 fully saturated rings. The normalized spacial score (nSPS) is 23.6. The van der Waals surface area contributed by atoms with Crippen molar-refractivity contribution < 1.29 is 36.8 Å². The van der Waals surface area contributed by atoms with Crippen LogP contribution >= 0.6 is 0 Å². The number of rotatable bonds is 9. The Labute approximate surface area is 192 Å². The molecule has 1 saturated heterocycles. The summed E-state index contributed by atoms with van der Waals surface area (Å²) in [6.07, 6.45) is -3.94. The van der Waals surface area contributed by atoms with Crippen molar-refractivity contribution in [2.45, 2.75) is 30.6 Å². The minimum atomic E-state index is -3.96. The minimum absolute atomic E-state index is 0.253. The molecular formula is C22H26N2O8S. The lowest BCUT2D eigenvalue weighted by Crippen LogP contribution is -2.52. The molecule has 5 atom stereocenters. The van der Waals surface area contributed by atoms with Gasteiger partial charge in [0.05, 0.1) is 6.26 Å². The minimum Gasteiger partial charge on any atom is -0.376 e. The number of carbonyl (C=O) groups excluding carboxylic acids is 2. The third-order valence-corrected chi connectivity index (χ3v) is 5.65. The zero-order chi connectivity index (χ0) is 24.0. The lowest BCUT2D eigenvalue weighted by Gasteiger charge is -2.27. The number of nitrogens with one attached hydrogen (secondary N) is 2. The molecule has 0 unspecified atom stereocenters. The van der Waals surface area contributed by atoms with Crippen LogP contribution in [0.3, 0.4) is 0 Å². The first-order valence-electron chi connectivity index (χ1n) is 10.1. The smallest absolute Gasteiger partial charge is 0.264 e. The Balaban J connectivity index is 1.76. The molecule has 2 aromatic rings. The fourth-order valence-corrected chi connectivity index (χ4v) is 4.19. The van der Waals surface area contributed by atoms with Gasteiger partial charge in [0.25, 0.3) is 21.9 Å². The lowest BCUT2D eigenvalue weighted by molar-refractivity contribution is -0.127. The van der Waals surface area contributed by atoms with Gasteiger partial charge in [-0.25, -0.2) is 0 Å². The third-order valence-electron chi connectivity index (χ3n) is 5.05. The standard InChI is InChI=1S/C22H26N2O8S/c1-30-19-17(24-21(26)15-11-7-4-8-12-15)22(27)31-18(19)16(32-33(2,28)29)13-23-20(25)14-9-5-3-6-10-14/h3-12,16-19,22,27H,13H2,1-2H3,(H,23,25)(H,24,26)/t16-,17-,18-,19-,22-/m1/s1. The molecule has 33 heavy (non-hydrogen) atoms. The summed E-state index contributed by atoms with van der Waals surface area (Å²) in [7, 11) is -2.63. The Kier molecular flexibility index (Phi) is 8.16. The molecule has 0 saturated carbocycles. The number of amides is 2. The van der Waals surface area contributed by atoms with Gasteiger partial charge < -0.3 is 25.2 Å². The fraction of sp³-hybridized carbons (Fsp3) is 0.364.